The highest BCUT2D eigenvalue weighted by molar-refractivity contribution is 14.0. The molecule has 1 saturated heterocycles. The van der Waals surface area contributed by atoms with E-state index in [4.69, 9.17) is 4.74 Å². The predicted molar refractivity (Wildman–Crippen MR) is 126 cm³/mol. The van der Waals surface area contributed by atoms with Gasteiger partial charge in [0.15, 0.2) is 11.8 Å². The number of nitrogens with one attached hydrogen (secondary N) is 2. The van der Waals surface area contributed by atoms with Crippen LogP contribution in [0.1, 0.15) is 17.2 Å². The summed E-state index contributed by atoms with van der Waals surface area (Å²) in [5, 5.41) is 14.7. The molecule has 0 amide bonds. The highest BCUT2D eigenvalue weighted by Crippen LogP contribution is 2.09. The summed E-state index contributed by atoms with van der Waals surface area (Å²) in [5.41, 5.74) is 0.332. The van der Waals surface area contributed by atoms with Gasteiger partial charge in [0.2, 0.25) is 0 Å². The highest BCUT2D eigenvalue weighted by atomic mass is 127. The molecule has 1 aliphatic rings. The molecule has 0 bridgehead atoms. The van der Waals surface area contributed by atoms with Crippen molar-refractivity contribution in [2.24, 2.45) is 12.0 Å². The van der Waals surface area contributed by atoms with Crippen LogP contribution in [0.25, 0.3) is 0 Å². The summed E-state index contributed by atoms with van der Waals surface area (Å²) in [6, 6.07) is 3.49. The van der Waals surface area contributed by atoms with Crippen LogP contribution in [-0.4, -0.2) is 71.6 Å². The molecule has 0 spiro atoms. The Morgan fingerprint density at radius 2 is 1.90 bits per heavy atom. The molecule has 8 nitrogen and oxygen atoms in total. The average molecular weight is 549 g/mol. The van der Waals surface area contributed by atoms with Gasteiger partial charge < -0.3 is 19.9 Å². The van der Waals surface area contributed by atoms with E-state index in [1.807, 2.05) is 18.5 Å². The first-order valence-corrected chi connectivity index (χ1v) is 10.1. The standard InChI is InChI=1S/C20H29F2N7O.HI/c1-15-26-27-19(28(15)2)14-25-20(24-7-8-29-9-11-30-12-10-29)23-6-5-16-13-17(21)3-4-18(16)22;/h3-4,13H,5-12,14H2,1-2H3,(H2,23,24,25);1H. The van der Waals surface area contributed by atoms with E-state index in [0.29, 0.717) is 37.6 Å². The maximum Gasteiger partial charge on any atom is 0.191 e. The number of hydrogen-bond donors (Lipinski definition) is 2. The lowest BCUT2D eigenvalue weighted by Gasteiger charge is -2.26. The number of aromatic nitrogens is 3. The summed E-state index contributed by atoms with van der Waals surface area (Å²) >= 11 is 0. The van der Waals surface area contributed by atoms with Crippen LogP contribution < -0.4 is 10.6 Å². The van der Waals surface area contributed by atoms with Crippen molar-refractivity contribution < 1.29 is 13.5 Å². The van der Waals surface area contributed by atoms with Crippen molar-refractivity contribution in [3.63, 3.8) is 0 Å². The molecule has 11 heteroatoms. The second-order valence-corrected chi connectivity index (χ2v) is 7.18. The van der Waals surface area contributed by atoms with Gasteiger partial charge in [-0.3, -0.25) is 4.90 Å². The van der Waals surface area contributed by atoms with E-state index >= 15 is 0 Å². The van der Waals surface area contributed by atoms with Crippen molar-refractivity contribution in [2.45, 2.75) is 19.9 Å². The van der Waals surface area contributed by atoms with Crippen LogP contribution in [0, 0.1) is 18.6 Å². The first-order chi connectivity index (χ1) is 14.5. The van der Waals surface area contributed by atoms with Crippen molar-refractivity contribution in [3.8, 4) is 0 Å². The summed E-state index contributed by atoms with van der Waals surface area (Å²) in [6.45, 7) is 7.57. The van der Waals surface area contributed by atoms with Crippen molar-refractivity contribution in [1.82, 2.24) is 30.3 Å². The molecule has 1 aromatic carbocycles. The van der Waals surface area contributed by atoms with Gasteiger partial charge >= 0.3 is 0 Å². The van der Waals surface area contributed by atoms with Gasteiger partial charge in [-0.15, -0.1) is 34.2 Å². The molecule has 3 rings (SSSR count). The Morgan fingerprint density at radius 1 is 1.16 bits per heavy atom. The van der Waals surface area contributed by atoms with Gasteiger partial charge in [0.05, 0.1) is 13.2 Å². The highest BCUT2D eigenvalue weighted by Gasteiger charge is 2.11. The normalized spacial score (nSPS) is 14.9. The SMILES string of the molecule is Cc1nnc(CN=C(NCCc2cc(F)ccc2F)NCCN2CCOCC2)n1C.I. The molecule has 2 heterocycles. The smallest absolute Gasteiger partial charge is 0.191 e. The van der Waals surface area contributed by atoms with Crippen LogP contribution in [0.5, 0.6) is 0 Å². The summed E-state index contributed by atoms with van der Waals surface area (Å²) in [4.78, 5) is 6.90. The quantitative estimate of drug-likeness (QED) is 0.296. The first kappa shape index (κ1) is 25.4. The molecule has 2 N–H and O–H groups in total. The van der Waals surface area contributed by atoms with Crippen molar-refractivity contribution in [2.75, 3.05) is 45.9 Å². The number of ether oxygens (including phenoxy) is 1. The van der Waals surface area contributed by atoms with Gasteiger partial charge in [0, 0.05) is 39.8 Å². The fraction of sp³-hybridized carbons (Fsp3) is 0.550. The van der Waals surface area contributed by atoms with Crippen molar-refractivity contribution >= 4 is 29.9 Å². The number of rotatable bonds is 8. The zero-order valence-corrected chi connectivity index (χ0v) is 20.2. The number of guanidine groups is 1. The molecule has 2 aromatic rings. The van der Waals surface area contributed by atoms with E-state index in [2.05, 4.69) is 30.7 Å². The second-order valence-electron chi connectivity index (χ2n) is 7.18. The number of halogens is 3. The zero-order chi connectivity index (χ0) is 21.3. The third kappa shape index (κ3) is 7.96. The van der Waals surface area contributed by atoms with Gasteiger partial charge in [0.1, 0.15) is 24.0 Å². The summed E-state index contributed by atoms with van der Waals surface area (Å²) < 4.78 is 34.5. The van der Waals surface area contributed by atoms with Crippen LogP contribution in [0.2, 0.25) is 0 Å². The predicted octanol–water partition coefficient (Wildman–Crippen LogP) is 1.63. The second kappa shape index (κ2) is 12.9. The zero-order valence-electron chi connectivity index (χ0n) is 17.9. The van der Waals surface area contributed by atoms with Crippen molar-refractivity contribution in [3.05, 3.63) is 47.0 Å². The van der Waals surface area contributed by atoms with Gasteiger partial charge in [-0.25, -0.2) is 13.8 Å². The largest absolute Gasteiger partial charge is 0.379 e. The van der Waals surface area contributed by atoms with Crippen LogP contribution in [0.3, 0.4) is 0 Å². The lowest BCUT2D eigenvalue weighted by atomic mass is 10.1. The number of nitrogens with zero attached hydrogens (tertiary/aromatic N) is 5. The number of hydrogen-bond acceptors (Lipinski definition) is 5. The van der Waals surface area contributed by atoms with E-state index in [1.54, 1.807) is 0 Å². The number of benzene rings is 1. The van der Waals surface area contributed by atoms with E-state index in [9.17, 15) is 8.78 Å². The van der Waals surface area contributed by atoms with E-state index < -0.39 is 11.6 Å². The van der Waals surface area contributed by atoms with E-state index in [-0.39, 0.29) is 24.0 Å². The molecule has 1 aliphatic heterocycles. The average Bonchev–Trinajstić information content (AvgIpc) is 3.07. The third-order valence-corrected chi connectivity index (χ3v) is 5.08. The maximum absolute atomic E-state index is 13.8. The number of aryl methyl sites for hydroxylation is 1. The Balaban J connectivity index is 0.00000341. The fourth-order valence-electron chi connectivity index (χ4n) is 3.12. The van der Waals surface area contributed by atoms with Crippen LogP contribution in [-0.2, 0) is 24.8 Å². The Bertz CT molecular complexity index is 856. The van der Waals surface area contributed by atoms with Gasteiger partial charge in [-0.05, 0) is 37.1 Å². The Morgan fingerprint density at radius 3 is 2.61 bits per heavy atom. The Kier molecular flexibility index (Phi) is 10.5. The molecule has 0 radical (unpaired) electrons. The molecular weight excluding hydrogens is 519 g/mol. The van der Waals surface area contributed by atoms with Crippen LogP contribution in [0.4, 0.5) is 8.78 Å². The Hall–Kier alpha value is -1.86. The summed E-state index contributed by atoms with van der Waals surface area (Å²) in [6.07, 6.45) is 0.344. The van der Waals surface area contributed by atoms with Gasteiger partial charge in [-0.2, -0.15) is 0 Å². The molecule has 1 aromatic heterocycles. The molecule has 0 atom stereocenters. The van der Waals surface area contributed by atoms with Gasteiger partial charge in [0.25, 0.3) is 0 Å². The molecule has 0 aliphatic carbocycles. The monoisotopic (exact) mass is 549 g/mol. The lowest BCUT2D eigenvalue weighted by Crippen LogP contribution is -2.44. The van der Waals surface area contributed by atoms with Crippen LogP contribution >= 0.6 is 24.0 Å². The summed E-state index contributed by atoms with van der Waals surface area (Å²) in [7, 11) is 1.89. The van der Waals surface area contributed by atoms with Crippen molar-refractivity contribution in [1.29, 1.82) is 0 Å². The molecule has 0 saturated carbocycles. The maximum atomic E-state index is 13.8. The minimum Gasteiger partial charge on any atom is -0.379 e. The topological polar surface area (TPSA) is 79.6 Å². The number of morpholine rings is 1. The summed E-state index contributed by atoms with van der Waals surface area (Å²) in [5.74, 6) is 1.31. The minimum atomic E-state index is -0.443. The fourth-order valence-corrected chi connectivity index (χ4v) is 3.12. The van der Waals surface area contributed by atoms with Crippen LogP contribution in [0.15, 0.2) is 23.2 Å². The first-order valence-electron chi connectivity index (χ1n) is 10.1. The Labute approximate surface area is 198 Å². The van der Waals surface area contributed by atoms with Gasteiger partial charge in [-0.1, -0.05) is 0 Å². The lowest BCUT2D eigenvalue weighted by molar-refractivity contribution is 0.0389. The molecular formula is C20H30F2IN7O. The van der Waals surface area contributed by atoms with E-state index in [1.165, 1.54) is 6.07 Å². The van der Waals surface area contributed by atoms with E-state index in [0.717, 1.165) is 56.6 Å². The number of aliphatic imine (C=N–C) groups is 1. The molecule has 31 heavy (non-hydrogen) atoms. The third-order valence-electron chi connectivity index (χ3n) is 5.08. The molecule has 1 fully saturated rings. The molecule has 0 unspecified atom stereocenters. The minimum absolute atomic E-state index is 0. The molecule has 172 valence electrons.